The van der Waals surface area contributed by atoms with Gasteiger partial charge in [-0.15, -0.1) is 0 Å². The maximum absolute atomic E-state index is 12.2. The van der Waals surface area contributed by atoms with Crippen molar-refractivity contribution in [2.24, 2.45) is 13.0 Å². The number of hydrogen-bond acceptors (Lipinski definition) is 1. The number of nitrogens with zero attached hydrogens (tertiary/aromatic N) is 2. The van der Waals surface area contributed by atoms with E-state index < -0.39 is 0 Å². The van der Waals surface area contributed by atoms with Gasteiger partial charge >= 0.3 is 0 Å². The average molecular weight is 234 g/mol. The molecule has 0 radical (unpaired) electrons. The Kier molecular flexibility index (Phi) is 3.87. The van der Waals surface area contributed by atoms with Gasteiger partial charge in [-0.3, -0.25) is 4.79 Å². The Morgan fingerprint density at radius 2 is 2.12 bits per heavy atom. The number of hydrogen-bond donors (Lipinski definition) is 0. The fourth-order valence-electron chi connectivity index (χ4n) is 2.72. The summed E-state index contributed by atoms with van der Waals surface area (Å²) in [5.41, 5.74) is 0.781. The zero-order valence-electron chi connectivity index (χ0n) is 10.9. The van der Waals surface area contributed by atoms with E-state index in [1.54, 1.807) is 0 Å². The van der Waals surface area contributed by atoms with Crippen molar-refractivity contribution in [1.29, 1.82) is 0 Å². The van der Waals surface area contributed by atoms with Crippen LogP contribution in [-0.2, 0) is 7.05 Å². The first-order valence-corrected chi connectivity index (χ1v) is 6.55. The Bertz CT molecular complexity index is 377. The van der Waals surface area contributed by atoms with E-state index >= 15 is 0 Å². The summed E-state index contributed by atoms with van der Waals surface area (Å²) in [6.45, 7) is 0.907. The second-order valence-electron chi connectivity index (χ2n) is 5.19. The molecule has 1 amide bonds. The van der Waals surface area contributed by atoms with Gasteiger partial charge in [0, 0.05) is 26.8 Å². The Hall–Kier alpha value is -1.25. The molecule has 0 atom stereocenters. The van der Waals surface area contributed by atoms with Gasteiger partial charge in [-0.2, -0.15) is 0 Å². The summed E-state index contributed by atoms with van der Waals surface area (Å²) in [6, 6.07) is 3.81. The molecule has 17 heavy (non-hydrogen) atoms. The van der Waals surface area contributed by atoms with Crippen molar-refractivity contribution < 1.29 is 4.79 Å². The van der Waals surface area contributed by atoms with E-state index in [9.17, 15) is 4.79 Å². The van der Waals surface area contributed by atoms with Gasteiger partial charge in [0.2, 0.25) is 0 Å². The third-order valence-electron chi connectivity index (χ3n) is 3.77. The minimum Gasteiger partial charge on any atom is -0.347 e. The second kappa shape index (κ2) is 5.39. The minimum atomic E-state index is 0.142. The first-order valence-electron chi connectivity index (χ1n) is 6.55. The Balaban J connectivity index is 1.93. The number of carbonyl (C=O) groups excluding carboxylic acids is 1. The van der Waals surface area contributed by atoms with Crippen molar-refractivity contribution in [3.05, 3.63) is 24.0 Å². The smallest absolute Gasteiger partial charge is 0.270 e. The third kappa shape index (κ3) is 2.90. The van der Waals surface area contributed by atoms with Crippen molar-refractivity contribution in [3.8, 4) is 0 Å². The molecule has 1 aromatic rings. The number of aryl methyl sites for hydroxylation is 1. The van der Waals surface area contributed by atoms with Crippen LogP contribution in [-0.4, -0.2) is 29.0 Å². The summed E-state index contributed by atoms with van der Waals surface area (Å²) in [5.74, 6) is 0.848. The average Bonchev–Trinajstić information content (AvgIpc) is 2.76. The van der Waals surface area contributed by atoms with Crippen LogP contribution in [0.1, 0.15) is 42.6 Å². The van der Waals surface area contributed by atoms with Crippen LogP contribution in [0.5, 0.6) is 0 Å². The van der Waals surface area contributed by atoms with Crippen LogP contribution < -0.4 is 0 Å². The molecule has 1 aliphatic rings. The van der Waals surface area contributed by atoms with Crippen molar-refractivity contribution >= 4 is 5.91 Å². The lowest BCUT2D eigenvalue weighted by Crippen LogP contribution is -2.33. The molecule has 1 aliphatic carbocycles. The van der Waals surface area contributed by atoms with Gasteiger partial charge in [-0.1, -0.05) is 19.3 Å². The molecule has 0 N–H and O–H groups in total. The molecular formula is C14H22N2O. The topological polar surface area (TPSA) is 25.2 Å². The van der Waals surface area contributed by atoms with E-state index in [0.717, 1.165) is 12.2 Å². The summed E-state index contributed by atoms with van der Waals surface area (Å²) in [7, 11) is 3.84. The number of amides is 1. The molecule has 0 aliphatic heterocycles. The molecule has 0 unspecified atom stereocenters. The van der Waals surface area contributed by atoms with Crippen LogP contribution >= 0.6 is 0 Å². The fourth-order valence-corrected chi connectivity index (χ4v) is 2.72. The SMILES string of the molecule is CN(CC1CCCCC1)C(=O)c1cccn1C. The molecular weight excluding hydrogens is 212 g/mol. The molecule has 0 spiro atoms. The summed E-state index contributed by atoms with van der Waals surface area (Å²) in [5, 5.41) is 0. The van der Waals surface area contributed by atoms with Gasteiger partial charge in [0.1, 0.15) is 5.69 Å². The standard InChI is InChI=1S/C14H22N2O/c1-15-10-6-9-13(15)14(17)16(2)11-12-7-4-3-5-8-12/h6,9-10,12H,3-5,7-8,11H2,1-2H3. The molecule has 1 heterocycles. The maximum Gasteiger partial charge on any atom is 0.270 e. The van der Waals surface area contributed by atoms with E-state index in [1.807, 2.05) is 41.9 Å². The zero-order valence-corrected chi connectivity index (χ0v) is 10.9. The summed E-state index contributed by atoms with van der Waals surface area (Å²) >= 11 is 0. The highest BCUT2D eigenvalue weighted by molar-refractivity contribution is 5.92. The number of rotatable bonds is 3. The van der Waals surface area contributed by atoms with Crippen LogP contribution in [0.4, 0.5) is 0 Å². The largest absolute Gasteiger partial charge is 0.347 e. The lowest BCUT2D eigenvalue weighted by Gasteiger charge is -2.27. The number of aromatic nitrogens is 1. The predicted octanol–water partition coefficient (Wildman–Crippen LogP) is 2.68. The van der Waals surface area contributed by atoms with E-state index in [1.165, 1.54) is 32.1 Å². The van der Waals surface area contributed by atoms with Crippen LogP contribution in [0.25, 0.3) is 0 Å². The molecule has 0 saturated heterocycles. The highest BCUT2D eigenvalue weighted by atomic mass is 16.2. The zero-order chi connectivity index (χ0) is 12.3. The molecule has 3 nitrogen and oxygen atoms in total. The highest BCUT2D eigenvalue weighted by Gasteiger charge is 2.20. The highest BCUT2D eigenvalue weighted by Crippen LogP contribution is 2.24. The van der Waals surface area contributed by atoms with E-state index in [4.69, 9.17) is 0 Å². The Morgan fingerprint density at radius 3 is 2.71 bits per heavy atom. The molecule has 0 bridgehead atoms. The van der Waals surface area contributed by atoms with Gasteiger partial charge < -0.3 is 9.47 Å². The quantitative estimate of drug-likeness (QED) is 0.789. The van der Waals surface area contributed by atoms with Crippen molar-refractivity contribution in [3.63, 3.8) is 0 Å². The first kappa shape index (κ1) is 12.2. The molecule has 94 valence electrons. The maximum atomic E-state index is 12.2. The monoisotopic (exact) mass is 234 g/mol. The first-order chi connectivity index (χ1) is 8.18. The van der Waals surface area contributed by atoms with Crippen LogP contribution in [0.2, 0.25) is 0 Å². The van der Waals surface area contributed by atoms with E-state index in [2.05, 4.69) is 0 Å². The van der Waals surface area contributed by atoms with Crippen LogP contribution in [0.15, 0.2) is 18.3 Å². The normalized spacial score (nSPS) is 17.1. The summed E-state index contributed by atoms with van der Waals surface area (Å²) < 4.78 is 1.89. The second-order valence-corrected chi connectivity index (χ2v) is 5.19. The molecule has 2 rings (SSSR count). The summed E-state index contributed by atoms with van der Waals surface area (Å²) in [6.07, 6.45) is 8.51. The van der Waals surface area contributed by atoms with Gasteiger partial charge in [-0.25, -0.2) is 0 Å². The van der Waals surface area contributed by atoms with Gasteiger partial charge in [0.25, 0.3) is 5.91 Å². The molecule has 3 heteroatoms. The van der Waals surface area contributed by atoms with Crippen molar-refractivity contribution in [1.82, 2.24) is 9.47 Å². The fraction of sp³-hybridized carbons (Fsp3) is 0.643. The van der Waals surface area contributed by atoms with Gasteiger partial charge in [0.05, 0.1) is 0 Å². The molecule has 1 fully saturated rings. The van der Waals surface area contributed by atoms with Crippen LogP contribution in [0, 0.1) is 5.92 Å². The minimum absolute atomic E-state index is 0.142. The predicted molar refractivity (Wildman–Crippen MR) is 68.9 cm³/mol. The van der Waals surface area contributed by atoms with Gasteiger partial charge in [-0.05, 0) is 30.9 Å². The lowest BCUT2D eigenvalue weighted by molar-refractivity contribution is 0.0751. The Labute approximate surface area is 103 Å². The summed E-state index contributed by atoms with van der Waals surface area (Å²) in [4.78, 5) is 14.1. The lowest BCUT2D eigenvalue weighted by atomic mass is 9.89. The van der Waals surface area contributed by atoms with E-state index in [0.29, 0.717) is 5.92 Å². The van der Waals surface area contributed by atoms with Crippen LogP contribution in [0.3, 0.4) is 0 Å². The van der Waals surface area contributed by atoms with E-state index in [-0.39, 0.29) is 5.91 Å². The third-order valence-corrected chi connectivity index (χ3v) is 3.77. The number of carbonyl (C=O) groups is 1. The van der Waals surface area contributed by atoms with Gasteiger partial charge in [0.15, 0.2) is 0 Å². The molecule has 1 aromatic heterocycles. The van der Waals surface area contributed by atoms with Crippen molar-refractivity contribution in [2.75, 3.05) is 13.6 Å². The molecule has 1 saturated carbocycles. The van der Waals surface area contributed by atoms with Crippen molar-refractivity contribution in [2.45, 2.75) is 32.1 Å². The Morgan fingerprint density at radius 1 is 1.41 bits per heavy atom. The molecule has 0 aromatic carbocycles.